The zero-order valence-electron chi connectivity index (χ0n) is 18.6. The summed E-state index contributed by atoms with van der Waals surface area (Å²) in [5.41, 5.74) is 2.53. The molecule has 0 aliphatic carbocycles. The van der Waals surface area contributed by atoms with Crippen LogP contribution in [-0.2, 0) is 27.4 Å². The van der Waals surface area contributed by atoms with Crippen molar-refractivity contribution in [2.24, 2.45) is 0 Å². The second-order valence-electron chi connectivity index (χ2n) is 8.45. The molecule has 0 saturated carbocycles. The van der Waals surface area contributed by atoms with E-state index in [-0.39, 0.29) is 25.7 Å². The van der Waals surface area contributed by atoms with Gasteiger partial charge in [0.25, 0.3) is 5.91 Å². The fourth-order valence-electron chi connectivity index (χ4n) is 4.20. The molecule has 2 saturated heterocycles. The Morgan fingerprint density at radius 2 is 1.71 bits per heavy atom. The summed E-state index contributed by atoms with van der Waals surface area (Å²) in [5.74, 6) is 0.434. The summed E-state index contributed by atoms with van der Waals surface area (Å²) in [5, 5.41) is 5.41. The van der Waals surface area contributed by atoms with E-state index in [0.29, 0.717) is 17.2 Å². The minimum atomic E-state index is -0.901. The maximum atomic E-state index is 12.8. The van der Waals surface area contributed by atoms with Gasteiger partial charge < -0.3 is 24.8 Å². The maximum Gasteiger partial charge on any atom is 0.325 e. The molecule has 1 atom stereocenters. The van der Waals surface area contributed by atoms with E-state index in [1.807, 2.05) is 24.3 Å². The first kappa shape index (κ1) is 22.2. The number of hydrogen-bond donors (Lipinski definition) is 2. The Morgan fingerprint density at radius 1 is 0.971 bits per heavy atom. The van der Waals surface area contributed by atoms with Crippen LogP contribution in [0.2, 0.25) is 0 Å². The highest BCUT2D eigenvalue weighted by atomic mass is 16.7. The minimum Gasteiger partial charge on any atom is -0.454 e. The minimum absolute atomic E-state index is 0.0873. The van der Waals surface area contributed by atoms with Gasteiger partial charge in [-0.3, -0.25) is 19.4 Å². The molecule has 5 rings (SSSR count). The zero-order valence-corrected chi connectivity index (χ0v) is 18.6. The second kappa shape index (κ2) is 9.70. The summed E-state index contributed by atoms with van der Waals surface area (Å²) in [6.07, 6.45) is -0.141. The lowest BCUT2D eigenvalue weighted by Crippen LogP contribution is -2.35. The lowest BCUT2D eigenvalue weighted by Gasteiger charge is -2.26. The molecule has 0 aromatic heterocycles. The van der Waals surface area contributed by atoms with Gasteiger partial charge in [0.1, 0.15) is 6.04 Å². The molecule has 0 radical (unpaired) electrons. The summed E-state index contributed by atoms with van der Waals surface area (Å²) in [4.78, 5) is 41.1. The summed E-state index contributed by atoms with van der Waals surface area (Å²) in [6, 6.07) is 11.5. The number of fused-ring (bicyclic) bond motifs is 1. The van der Waals surface area contributed by atoms with E-state index >= 15 is 0 Å². The number of nitrogens with one attached hydrogen (secondary N) is 2. The van der Waals surface area contributed by atoms with E-state index in [9.17, 15) is 14.4 Å². The number of nitrogens with zero attached hydrogens (tertiary/aromatic N) is 2. The van der Waals surface area contributed by atoms with Crippen LogP contribution in [0.5, 0.6) is 11.5 Å². The third-order valence-corrected chi connectivity index (χ3v) is 6.02. The molecule has 3 heterocycles. The van der Waals surface area contributed by atoms with Crippen LogP contribution in [0.1, 0.15) is 17.5 Å². The van der Waals surface area contributed by atoms with Crippen LogP contribution >= 0.6 is 0 Å². The van der Waals surface area contributed by atoms with Gasteiger partial charge in [0, 0.05) is 25.3 Å². The highest BCUT2D eigenvalue weighted by Gasteiger charge is 2.39. The number of morpholine rings is 1. The summed E-state index contributed by atoms with van der Waals surface area (Å²) >= 11 is 0. The lowest BCUT2D eigenvalue weighted by molar-refractivity contribution is -0.130. The molecule has 10 nitrogen and oxygen atoms in total. The van der Waals surface area contributed by atoms with Crippen LogP contribution in [-0.4, -0.2) is 66.8 Å². The van der Waals surface area contributed by atoms with E-state index in [1.165, 1.54) is 0 Å². The molecule has 2 N–H and O–H groups in total. The molecule has 3 aliphatic rings. The van der Waals surface area contributed by atoms with Crippen LogP contribution in [0.15, 0.2) is 42.5 Å². The first-order valence-electron chi connectivity index (χ1n) is 11.2. The van der Waals surface area contributed by atoms with Crippen LogP contribution in [0.3, 0.4) is 0 Å². The van der Waals surface area contributed by atoms with Crippen molar-refractivity contribution in [1.29, 1.82) is 0 Å². The van der Waals surface area contributed by atoms with Crippen molar-refractivity contribution in [2.75, 3.05) is 38.4 Å². The van der Waals surface area contributed by atoms with Gasteiger partial charge >= 0.3 is 6.03 Å². The largest absolute Gasteiger partial charge is 0.454 e. The van der Waals surface area contributed by atoms with Gasteiger partial charge in [0.15, 0.2) is 11.5 Å². The molecule has 178 valence electrons. The number of carbonyl (C=O) groups excluding carboxylic acids is 3. The van der Waals surface area contributed by atoms with Gasteiger partial charge in [-0.15, -0.1) is 0 Å². The first-order chi connectivity index (χ1) is 16.5. The van der Waals surface area contributed by atoms with Crippen molar-refractivity contribution in [1.82, 2.24) is 15.1 Å². The molecular formula is C24H26N4O6. The molecule has 2 fully saturated rings. The van der Waals surface area contributed by atoms with Gasteiger partial charge in [0.2, 0.25) is 12.7 Å². The Morgan fingerprint density at radius 3 is 2.50 bits per heavy atom. The average molecular weight is 466 g/mol. The number of anilines is 1. The van der Waals surface area contributed by atoms with Crippen LogP contribution in [0, 0.1) is 0 Å². The van der Waals surface area contributed by atoms with Crippen LogP contribution in [0.25, 0.3) is 0 Å². The number of urea groups is 1. The summed E-state index contributed by atoms with van der Waals surface area (Å²) in [6.45, 7) is 4.38. The van der Waals surface area contributed by atoms with Crippen LogP contribution < -0.4 is 20.1 Å². The van der Waals surface area contributed by atoms with Crippen molar-refractivity contribution in [3.05, 3.63) is 53.6 Å². The Labute approximate surface area is 196 Å². The lowest BCUT2D eigenvalue weighted by atomic mass is 10.1. The van der Waals surface area contributed by atoms with E-state index < -0.39 is 18.0 Å². The Hall–Kier alpha value is -3.63. The fraction of sp³-hybridized carbons (Fsp3) is 0.375. The normalized spacial score (nSPS) is 19.9. The number of rotatable bonds is 7. The van der Waals surface area contributed by atoms with E-state index in [1.54, 1.807) is 18.2 Å². The van der Waals surface area contributed by atoms with E-state index in [4.69, 9.17) is 14.2 Å². The predicted molar refractivity (Wildman–Crippen MR) is 121 cm³/mol. The third-order valence-electron chi connectivity index (χ3n) is 6.02. The number of hydrogen-bond acceptors (Lipinski definition) is 7. The third kappa shape index (κ3) is 4.97. The van der Waals surface area contributed by atoms with Crippen molar-refractivity contribution in [3.63, 3.8) is 0 Å². The van der Waals surface area contributed by atoms with Crippen molar-refractivity contribution < 1.29 is 28.6 Å². The Balaban J connectivity index is 1.13. The zero-order chi connectivity index (χ0) is 23.5. The van der Waals surface area contributed by atoms with E-state index in [0.717, 1.165) is 48.9 Å². The average Bonchev–Trinajstić information content (AvgIpc) is 3.41. The van der Waals surface area contributed by atoms with Crippen LogP contribution in [0.4, 0.5) is 10.5 Å². The van der Waals surface area contributed by atoms with Gasteiger partial charge in [-0.05, 0) is 35.4 Å². The van der Waals surface area contributed by atoms with Gasteiger partial charge in [-0.1, -0.05) is 18.2 Å². The molecule has 2 aromatic carbocycles. The quantitative estimate of drug-likeness (QED) is 0.598. The van der Waals surface area contributed by atoms with Gasteiger partial charge in [0.05, 0.1) is 26.2 Å². The number of imide groups is 1. The fourth-order valence-corrected chi connectivity index (χ4v) is 4.20. The maximum absolute atomic E-state index is 12.8. The number of benzene rings is 2. The SMILES string of the molecule is O=C(CC1NC(=O)N(Cc2ccc3c(c2)OCO3)C1=O)Nc1ccc(CN2CCOCC2)cc1. The van der Waals surface area contributed by atoms with Gasteiger partial charge in [-0.25, -0.2) is 4.79 Å². The summed E-state index contributed by atoms with van der Waals surface area (Å²) < 4.78 is 16.0. The molecule has 1 unspecified atom stereocenters. The molecule has 34 heavy (non-hydrogen) atoms. The monoisotopic (exact) mass is 466 g/mol. The predicted octanol–water partition coefficient (Wildman–Crippen LogP) is 1.70. The van der Waals surface area contributed by atoms with Crippen molar-refractivity contribution in [3.8, 4) is 11.5 Å². The topological polar surface area (TPSA) is 109 Å². The first-order valence-corrected chi connectivity index (χ1v) is 11.2. The van der Waals surface area contributed by atoms with Crippen molar-refractivity contribution in [2.45, 2.75) is 25.6 Å². The highest BCUT2D eigenvalue weighted by molar-refractivity contribution is 6.06. The smallest absolute Gasteiger partial charge is 0.325 e. The number of carbonyl (C=O) groups is 3. The molecule has 2 aromatic rings. The highest BCUT2D eigenvalue weighted by Crippen LogP contribution is 2.33. The van der Waals surface area contributed by atoms with Crippen molar-refractivity contribution >= 4 is 23.5 Å². The molecular weight excluding hydrogens is 440 g/mol. The second-order valence-corrected chi connectivity index (χ2v) is 8.45. The molecule has 10 heteroatoms. The molecule has 0 bridgehead atoms. The number of amides is 4. The molecule has 4 amide bonds. The Bertz CT molecular complexity index is 1080. The number of ether oxygens (including phenoxy) is 3. The standard InChI is InChI=1S/C24H26N4O6/c29-22(25-18-4-1-16(2-5-18)13-27-7-9-32-10-8-27)12-19-23(30)28(24(31)26-19)14-17-3-6-20-21(11-17)34-15-33-20/h1-6,11,19H,7-10,12-15H2,(H,25,29)(H,26,31). The summed E-state index contributed by atoms with van der Waals surface area (Å²) in [7, 11) is 0. The van der Waals surface area contributed by atoms with E-state index in [2.05, 4.69) is 15.5 Å². The molecule has 0 spiro atoms. The Kier molecular flexibility index (Phi) is 6.33. The molecule has 3 aliphatic heterocycles. The van der Waals surface area contributed by atoms with Gasteiger partial charge in [-0.2, -0.15) is 0 Å².